The number of aliphatic hydroxyl groups excluding tert-OH is 1. The highest BCUT2D eigenvalue weighted by atomic mass is 32.1. The molecule has 2 rings (SSSR count). The molecule has 0 aliphatic heterocycles. The molecular formula is C15H17FN2O3S. The lowest BCUT2D eigenvalue weighted by Gasteiger charge is -2.14. The Morgan fingerprint density at radius 1 is 1.45 bits per heavy atom. The molecule has 3 N–H and O–H groups in total. The molecule has 5 nitrogen and oxygen atoms in total. The maximum atomic E-state index is 13.3. The van der Waals surface area contributed by atoms with Crippen LogP contribution in [0.1, 0.15) is 46.9 Å². The van der Waals surface area contributed by atoms with Crippen LogP contribution in [-0.4, -0.2) is 27.7 Å². The summed E-state index contributed by atoms with van der Waals surface area (Å²) in [6.45, 7) is 3.70. The standard InChI is InChI=1S/C15H17FN2O3S/c1-8(2)15-18-12(7-22-15)11(6-19)17-14(21)9-3-4-13(20)10(16)5-9/h3-5,7-8,11,19-20H,6H2,1-2H3,(H,17,21). The second-order valence-electron chi connectivity index (χ2n) is 5.14. The predicted molar refractivity (Wildman–Crippen MR) is 81.6 cm³/mol. The number of phenols is 1. The number of benzene rings is 1. The molecule has 22 heavy (non-hydrogen) atoms. The molecule has 0 aliphatic rings. The minimum atomic E-state index is -0.871. The predicted octanol–water partition coefficient (Wildman–Crippen LogP) is 2.57. The van der Waals surface area contributed by atoms with E-state index in [1.165, 1.54) is 17.4 Å². The number of aromatic nitrogens is 1. The molecule has 1 aromatic heterocycles. The number of amides is 1. The number of hydrogen-bond donors (Lipinski definition) is 3. The summed E-state index contributed by atoms with van der Waals surface area (Å²) in [4.78, 5) is 16.5. The van der Waals surface area contributed by atoms with Crippen LogP contribution in [0.25, 0.3) is 0 Å². The van der Waals surface area contributed by atoms with Crippen molar-refractivity contribution in [2.75, 3.05) is 6.61 Å². The van der Waals surface area contributed by atoms with Crippen LogP contribution in [0.15, 0.2) is 23.6 Å². The van der Waals surface area contributed by atoms with Gasteiger partial charge < -0.3 is 15.5 Å². The number of nitrogens with zero attached hydrogens (tertiary/aromatic N) is 1. The first-order valence-corrected chi connectivity index (χ1v) is 7.66. The minimum Gasteiger partial charge on any atom is -0.505 e. The van der Waals surface area contributed by atoms with Crippen LogP contribution in [-0.2, 0) is 0 Å². The highest BCUT2D eigenvalue weighted by Crippen LogP contribution is 2.23. The number of phenolic OH excluding ortho intramolecular Hbond substituents is 1. The molecule has 0 fully saturated rings. The lowest BCUT2D eigenvalue weighted by Crippen LogP contribution is -2.31. The van der Waals surface area contributed by atoms with Crippen LogP contribution in [0, 0.1) is 5.82 Å². The first kappa shape index (κ1) is 16.4. The van der Waals surface area contributed by atoms with Crippen molar-refractivity contribution in [2.45, 2.75) is 25.8 Å². The van der Waals surface area contributed by atoms with Crippen LogP contribution in [0.2, 0.25) is 0 Å². The van der Waals surface area contributed by atoms with E-state index in [9.17, 15) is 14.3 Å². The van der Waals surface area contributed by atoms with Gasteiger partial charge in [0, 0.05) is 16.9 Å². The smallest absolute Gasteiger partial charge is 0.252 e. The molecule has 1 aromatic carbocycles. The van der Waals surface area contributed by atoms with Crippen LogP contribution in [0.5, 0.6) is 5.75 Å². The molecule has 0 saturated heterocycles. The molecule has 0 radical (unpaired) electrons. The third kappa shape index (κ3) is 3.61. The maximum absolute atomic E-state index is 13.3. The van der Waals surface area contributed by atoms with Gasteiger partial charge in [0.2, 0.25) is 0 Å². The largest absolute Gasteiger partial charge is 0.505 e. The van der Waals surface area contributed by atoms with Crippen molar-refractivity contribution >= 4 is 17.2 Å². The number of aliphatic hydroxyl groups is 1. The van der Waals surface area contributed by atoms with Gasteiger partial charge in [0.25, 0.3) is 5.91 Å². The van der Waals surface area contributed by atoms with E-state index in [1.54, 1.807) is 5.38 Å². The Balaban J connectivity index is 2.14. The molecule has 1 atom stereocenters. The average molecular weight is 324 g/mol. The zero-order valence-electron chi connectivity index (χ0n) is 12.2. The quantitative estimate of drug-likeness (QED) is 0.789. The molecule has 0 spiro atoms. The number of carbonyl (C=O) groups excluding carboxylic acids is 1. The third-order valence-corrected chi connectivity index (χ3v) is 4.25. The van der Waals surface area contributed by atoms with Crippen molar-refractivity contribution in [3.05, 3.63) is 45.7 Å². The van der Waals surface area contributed by atoms with E-state index < -0.39 is 23.5 Å². The van der Waals surface area contributed by atoms with Crippen molar-refractivity contribution in [1.82, 2.24) is 10.3 Å². The van der Waals surface area contributed by atoms with Gasteiger partial charge in [0.05, 0.1) is 23.4 Å². The van der Waals surface area contributed by atoms with Crippen LogP contribution >= 0.6 is 11.3 Å². The fourth-order valence-corrected chi connectivity index (χ4v) is 2.72. The van der Waals surface area contributed by atoms with Crippen molar-refractivity contribution < 1.29 is 19.4 Å². The third-order valence-electron chi connectivity index (χ3n) is 3.09. The first-order valence-electron chi connectivity index (χ1n) is 6.78. The lowest BCUT2D eigenvalue weighted by atomic mass is 10.1. The zero-order chi connectivity index (χ0) is 16.3. The van der Waals surface area contributed by atoms with E-state index >= 15 is 0 Å². The Morgan fingerprint density at radius 2 is 2.18 bits per heavy atom. The van der Waals surface area contributed by atoms with Gasteiger partial charge >= 0.3 is 0 Å². The van der Waals surface area contributed by atoms with Gasteiger partial charge in [-0.25, -0.2) is 9.37 Å². The van der Waals surface area contributed by atoms with Crippen LogP contribution in [0.3, 0.4) is 0 Å². The van der Waals surface area contributed by atoms with E-state index in [2.05, 4.69) is 10.3 Å². The number of halogens is 1. The van der Waals surface area contributed by atoms with Gasteiger partial charge in [-0.15, -0.1) is 11.3 Å². The molecule has 2 aromatic rings. The lowest BCUT2D eigenvalue weighted by molar-refractivity contribution is 0.0914. The summed E-state index contributed by atoms with van der Waals surface area (Å²) in [5.41, 5.74) is 0.636. The number of aromatic hydroxyl groups is 1. The summed E-state index contributed by atoms with van der Waals surface area (Å²) in [5.74, 6) is -1.67. The number of thiazole rings is 1. The fourth-order valence-electron chi connectivity index (χ4n) is 1.83. The highest BCUT2D eigenvalue weighted by molar-refractivity contribution is 7.09. The normalized spacial score (nSPS) is 12.4. The Kier molecular flexibility index (Phi) is 5.10. The second kappa shape index (κ2) is 6.85. The van der Waals surface area contributed by atoms with E-state index in [0.717, 1.165) is 17.1 Å². The summed E-state index contributed by atoms with van der Waals surface area (Å²) in [5, 5.41) is 23.9. The van der Waals surface area contributed by atoms with Crippen LogP contribution < -0.4 is 5.32 Å². The van der Waals surface area contributed by atoms with Gasteiger partial charge in [-0.05, 0) is 18.2 Å². The molecule has 0 saturated carbocycles. The minimum absolute atomic E-state index is 0.0630. The van der Waals surface area contributed by atoms with Crippen molar-refractivity contribution in [1.29, 1.82) is 0 Å². The fraction of sp³-hybridized carbons (Fsp3) is 0.333. The number of carbonyl (C=O) groups is 1. The average Bonchev–Trinajstić information content (AvgIpc) is 2.97. The number of nitrogens with one attached hydrogen (secondary N) is 1. The van der Waals surface area contributed by atoms with Crippen molar-refractivity contribution in [2.24, 2.45) is 0 Å². The Bertz CT molecular complexity index is 673. The molecule has 118 valence electrons. The summed E-state index contributed by atoms with van der Waals surface area (Å²) in [7, 11) is 0. The summed E-state index contributed by atoms with van der Waals surface area (Å²) < 4.78 is 13.3. The van der Waals surface area contributed by atoms with E-state index in [4.69, 9.17) is 5.11 Å². The maximum Gasteiger partial charge on any atom is 0.252 e. The van der Waals surface area contributed by atoms with Gasteiger partial charge in [-0.1, -0.05) is 13.8 Å². The van der Waals surface area contributed by atoms with Crippen molar-refractivity contribution in [3.8, 4) is 5.75 Å². The summed E-state index contributed by atoms with van der Waals surface area (Å²) in [6, 6.07) is 2.70. The highest BCUT2D eigenvalue weighted by Gasteiger charge is 2.19. The molecule has 1 amide bonds. The molecular weight excluding hydrogens is 307 g/mol. The van der Waals surface area contributed by atoms with Gasteiger partial charge in [-0.3, -0.25) is 4.79 Å². The molecule has 1 heterocycles. The van der Waals surface area contributed by atoms with E-state index in [1.807, 2.05) is 13.8 Å². The monoisotopic (exact) mass is 324 g/mol. The first-order chi connectivity index (χ1) is 10.4. The zero-order valence-corrected chi connectivity index (χ0v) is 13.0. The Hall–Kier alpha value is -1.99. The van der Waals surface area contributed by atoms with Gasteiger partial charge in [-0.2, -0.15) is 0 Å². The summed E-state index contributed by atoms with van der Waals surface area (Å²) in [6.07, 6.45) is 0. The van der Waals surface area contributed by atoms with Gasteiger partial charge in [0.1, 0.15) is 0 Å². The SMILES string of the molecule is CC(C)c1nc(C(CO)NC(=O)c2ccc(O)c(F)c2)cs1. The van der Waals surface area contributed by atoms with Crippen molar-refractivity contribution in [3.63, 3.8) is 0 Å². The Labute approximate surface area is 131 Å². The van der Waals surface area contributed by atoms with E-state index in [0.29, 0.717) is 5.69 Å². The van der Waals surface area contributed by atoms with Crippen LogP contribution in [0.4, 0.5) is 4.39 Å². The molecule has 0 aliphatic carbocycles. The molecule has 7 heteroatoms. The molecule has 0 bridgehead atoms. The second-order valence-corrected chi connectivity index (χ2v) is 6.03. The number of hydrogen-bond acceptors (Lipinski definition) is 5. The van der Waals surface area contributed by atoms with E-state index in [-0.39, 0.29) is 18.1 Å². The Morgan fingerprint density at radius 3 is 2.73 bits per heavy atom. The molecule has 1 unspecified atom stereocenters. The topological polar surface area (TPSA) is 82.5 Å². The summed E-state index contributed by atoms with van der Waals surface area (Å²) >= 11 is 1.46. The number of rotatable bonds is 5. The van der Waals surface area contributed by atoms with Gasteiger partial charge in [0.15, 0.2) is 11.6 Å².